The van der Waals surface area contributed by atoms with Gasteiger partial charge in [-0.3, -0.25) is 0 Å². The molecule has 0 saturated heterocycles. The van der Waals surface area contributed by atoms with Crippen LogP contribution in [-0.4, -0.2) is 4.57 Å². The molecule has 0 radical (unpaired) electrons. The Morgan fingerprint density at radius 2 is 1.18 bits per heavy atom. The van der Waals surface area contributed by atoms with E-state index in [0.29, 0.717) is 0 Å². The predicted octanol–water partition coefficient (Wildman–Crippen LogP) is 10.4. The van der Waals surface area contributed by atoms with Crippen LogP contribution in [0.15, 0.2) is 143 Å². The number of benzene rings is 3. The molecule has 3 aromatic carbocycles. The summed E-state index contributed by atoms with van der Waals surface area (Å²) in [7, 11) is -10.7. The molecule has 3 aliphatic rings. The van der Waals surface area contributed by atoms with Crippen LogP contribution in [0.3, 0.4) is 0 Å². The summed E-state index contributed by atoms with van der Waals surface area (Å²) in [4.78, 5) is 0. The molecular formula is C34H27F6N2O2P. The zero-order valence-corrected chi connectivity index (χ0v) is 24.5. The molecule has 0 amide bonds. The van der Waals surface area contributed by atoms with Gasteiger partial charge in [0, 0.05) is 39.7 Å². The monoisotopic (exact) mass is 640 g/mol. The van der Waals surface area contributed by atoms with Gasteiger partial charge in [-0.2, -0.15) is 0 Å². The Bertz CT molecular complexity index is 1860. The fourth-order valence-corrected chi connectivity index (χ4v) is 7.25. The van der Waals surface area contributed by atoms with E-state index in [0.717, 1.165) is 6.42 Å². The maximum Gasteiger partial charge on any atom is 0.266 e. The number of nitrogens with zero attached hydrogens (tertiary/aromatic N) is 2. The summed E-state index contributed by atoms with van der Waals surface area (Å²) in [6, 6.07) is 35.2. The maximum absolute atomic E-state index is 10.7. The molecule has 11 heteroatoms. The van der Waals surface area contributed by atoms with E-state index < -0.39 is 7.81 Å². The number of hydrogen-bond acceptors (Lipinski definition) is 2. The smallest absolute Gasteiger partial charge is 0.266 e. The van der Waals surface area contributed by atoms with E-state index in [2.05, 4.69) is 119 Å². The fourth-order valence-electron chi connectivity index (χ4n) is 7.25. The van der Waals surface area contributed by atoms with Crippen molar-refractivity contribution in [3.8, 4) is 0 Å². The molecule has 3 aromatic heterocycles. The average molecular weight is 641 g/mol. The molecule has 1 aliphatic carbocycles. The van der Waals surface area contributed by atoms with Gasteiger partial charge in [0.25, 0.3) is 5.82 Å². The van der Waals surface area contributed by atoms with E-state index in [-0.39, 0.29) is 23.4 Å². The molecule has 2 aliphatic heterocycles. The summed E-state index contributed by atoms with van der Waals surface area (Å²) < 4.78 is 75.7. The van der Waals surface area contributed by atoms with Crippen LogP contribution in [0, 0.1) is 0 Å². The predicted molar refractivity (Wildman–Crippen MR) is 158 cm³/mol. The van der Waals surface area contributed by atoms with Crippen molar-refractivity contribution in [3.63, 3.8) is 0 Å². The number of imidazole rings is 1. The first-order valence-electron chi connectivity index (χ1n) is 14.2. The Morgan fingerprint density at radius 3 is 1.67 bits per heavy atom. The van der Waals surface area contributed by atoms with E-state index in [1.807, 2.05) is 12.5 Å². The van der Waals surface area contributed by atoms with Crippen molar-refractivity contribution in [1.29, 1.82) is 0 Å². The number of hydrogen-bond donors (Lipinski definition) is 0. The zero-order valence-electron chi connectivity index (χ0n) is 23.6. The number of halogens is 6. The SMILES string of the molecule is F[P-](F)(F)(F)(F)F.c1ccc(C(c2ccccc2)n2cc[n+]3c2[C@@H]2c4ccccc4[C@H]3CC2(c2ccoc2)c2ccoc2)cc1. The maximum atomic E-state index is 9.87. The van der Waals surface area contributed by atoms with E-state index >= 15 is 0 Å². The molecule has 0 spiro atoms. The topological polar surface area (TPSA) is 35.1 Å². The van der Waals surface area contributed by atoms with E-state index in [9.17, 15) is 25.2 Å². The Hall–Kier alpha value is -4.56. The first-order valence-corrected chi connectivity index (χ1v) is 16.3. The molecule has 2 bridgehead atoms. The third-order valence-electron chi connectivity index (χ3n) is 8.77. The molecule has 0 saturated carbocycles. The minimum atomic E-state index is -10.7. The number of aromatic nitrogens is 2. The van der Waals surface area contributed by atoms with E-state index in [4.69, 9.17) is 8.83 Å². The van der Waals surface area contributed by atoms with Crippen LogP contribution in [0.5, 0.6) is 0 Å². The van der Waals surface area contributed by atoms with Crippen molar-refractivity contribution in [3.05, 3.63) is 174 Å². The second kappa shape index (κ2) is 9.72. The molecule has 4 nitrogen and oxygen atoms in total. The zero-order chi connectivity index (χ0) is 31.5. The molecule has 0 fully saturated rings. The van der Waals surface area contributed by atoms with Crippen LogP contribution >= 0.6 is 7.81 Å². The molecule has 0 N–H and O–H groups in total. The average Bonchev–Trinajstić information content (AvgIpc) is 3.80. The van der Waals surface area contributed by atoms with Crippen molar-refractivity contribution in [2.24, 2.45) is 0 Å². The van der Waals surface area contributed by atoms with Gasteiger partial charge in [-0.15, -0.1) is 0 Å². The van der Waals surface area contributed by atoms with Crippen LogP contribution < -0.4 is 4.57 Å². The third kappa shape index (κ3) is 5.48. The summed E-state index contributed by atoms with van der Waals surface area (Å²) in [6.45, 7) is 0. The van der Waals surface area contributed by atoms with Gasteiger partial charge in [0.15, 0.2) is 6.04 Å². The van der Waals surface area contributed by atoms with Gasteiger partial charge in [-0.1, -0.05) is 84.9 Å². The Morgan fingerprint density at radius 1 is 0.689 bits per heavy atom. The largest absolute Gasteiger partial charge is 0.472 e. The standard InChI is InChI=1S/C34H27N2O2.F6P/c1-3-9-24(10-4-1)32(25-11-5-2-6-12-25)36-18-17-35-30-21-34(26-15-19-37-22-26,27-16-20-38-23-27)31(33(35)36)29-14-8-7-13-28(29)30;1-7(2,3,4,5)6/h1-20,22-23,30-32H,21H2;/q+1;-1/t30-,31+;/m1./s1. The Labute approximate surface area is 254 Å². The molecule has 6 aromatic rings. The van der Waals surface area contributed by atoms with Crippen LogP contribution in [0.4, 0.5) is 25.2 Å². The van der Waals surface area contributed by atoms with Gasteiger partial charge in [-0.05, 0) is 17.7 Å². The van der Waals surface area contributed by atoms with Crippen LogP contribution in [0.25, 0.3) is 0 Å². The van der Waals surface area contributed by atoms with Gasteiger partial charge in [-0.25, -0.2) is 9.13 Å². The first kappa shape index (κ1) is 29.2. The third-order valence-corrected chi connectivity index (χ3v) is 8.77. The molecular weight excluding hydrogens is 613 g/mol. The Kier molecular flexibility index (Phi) is 6.30. The van der Waals surface area contributed by atoms with Gasteiger partial charge >= 0.3 is 33.0 Å². The number of fused-ring (bicyclic) bond motifs is 1. The minimum Gasteiger partial charge on any atom is -0.472 e. The normalized spacial score (nSPS) is 19.5. The summed E-state index contributed by atoms with van der Waals surface area (Å²) in [6.07, 6.45) is 13.0. The van der Waals surface area contributed by atoms with Crippen LogP contribution in [0.1, 0.15) is 63.6 Å². The first-order chi connectivity index (χ1) is 21.3. The summed E-state index contributed by atoms with van der Waals surface area (Å²) in [5, 5.41) is 0. The van der Waals surface area contributed by atoms with Crippen LogP contribution in [-0.2, 0) is 5.41 Å². The molecule has 5 heterocycles. The van der Waals surface area contributed by atoms with Gasteiger partial charge in [0.05, 0.1) is 25.1 Å². The van der Waals surface area contributed by atoms with E-state index in [1.165, 1.54) is 39.2 Å². The Balaban J connectivity index is 0.000000420. The van der Waals surface area contributed by atoms with Gasteiger partial charge < -0.3 is 8.83 Å². The van der Waals surface area contributed by atoms with Crippen molar-refractivity contribution in [2.45, 2.75) is 29.8 Å². The number of rotatable bonds is 5. The van der Waals surface area contributed by atoms with Gasteiger partial charge in [0.2, 0.25) is 0 Å². The van der Waals surface area contributed by atoms with Crippen molar-refractivity contribution in [1.82, 2.24) is 4.57 Å². The van der Waals surface area contributed by atoms with Crippen molar-refractivity contribution < 1.29 is 38.6 Å². The number of furan rings is 2. The molecule has 0 unspecified atom stereocenters. The quantitative estimate of drug-likeness (QED) is 0.107. The minimum absolute atomic E-state index is 0.0477. The molecule has 232 valence electrons. The van der Waals surface area contributed by atoms with Crippen LogP contribution in [0.2, 0.25) is 0 Å². The molecule has 45 heavy (non-hydrogen) atoms. The molecule has 2 atom stereocenters. The summed E-state index contributed by atoms with van der Waals surface area (Å²) in [5.41, 5.74) is 7.40. The molecule has 9 rings (SSSR count). The van der Waals surface area contributed by atoms with Crippen molar-refractivity contribution in [2.75, 3.05) is 0 Å². The summed E-state index contributed by atoms with van der Waals surface area (Å²) in [5.74, 6) is 1.38. The van der Waals surface area contributed by atoms with Gasteiger partial charge in [0.1, 0.15) is 24.4 Å². The van der Waals surface area contributed by atoms with E-state index in [1.54, 1.807) is 12.5 Å². The fraction of sp³-hybridized carbons (Fsp3) is 0.147. The second-order valence-electron chi connectivity index (χ2n) is 11.4. The second-order valence-corrected chi connectivity index (χ2v) is 13.3. The van der Waals surface area contributed by atoms with Crippen molar-refractivity contribution >= 4 is 7.81 Å². The summed E-state index contributed by atoms with van der Waals surface area (Å²) >= 11 is 0.